The molecule has 2 heterocycles. The largest absolute Gasteiger partial charge is 0.464 e. The molecule has 20 heavy (non-hydrogen) atoms. The third kappa shape index (κ3) is 2.90. The van der Waals surface area contributed by atoms with Gasteiger partial charge in [-0.2, -0.15) is 0 Å². The first-order chi connectivity index (χ1) is 9.69. The average Bonchev–Trinajstić information content (AvgIpc) is 2.45. The van der Waals surface area contributed by atoms with Crippen LogP contribution >= 0.6 is 11.8 Å². The van der Waals surface area contributed by atoms with Crippen molar-refractivity contribution in [2.24, 2.45) is 0 Å². The number of esters is 1. The average molecular weight is 294 g/mol. The minimum atomic E-state index is -0.433. The zero-order valence-corrected chi connectivity index (χ0v) is 12.4. The second-order valence-electron chi connectivity index (χ2n) is 4.44. The lowest BCUT2D eigenvalue weighted by atomic mass is 10.1. The molecule has 1 amide bonds. The highest BCUT2D eigenvalue weighted by Gasteiger charge is 2.45. The number of nitrogens with zero attached hydrogens (tertiary/aromatic N) is 1. The van der Waals surface area contributed by atoms with Crippen molar-refractivity contribution in [1.29, 1.82) is 0 Å². The van der Waals surface area contributed by atoms with Gasteiger partial charge in [-0.15, -0.1) is 11.8 Å². The van der Waals surface area contributed by atoms with Crippen molar-refractivity contribution in [2.45, 2.75) is 18.7 Å². The summed E-state index contributed by atoms with van der Waals surface area (Å²) in [7, 11) is 1.34. The normalized spacial score (nSPS) is 22.2. The fourth-order valence-corrected chi connectivity index (χ4v) is 3.38. The van der Waals surface area contributed by atoms with E-state index in [2.05, 4.69) is 5.32 Å². The molecule has 1 unspecified atom stereocenters. The van der Waals surface area contributed by atoms with E-state index in [0.717, 1.165) is 11.3 Å². The third-order valence-electron chi connectivity index (χ3n) is 3.14. The summed E-state index contributed by atoms with van der Waals surface area (Å²) >= 11 is 1.69. The van der Waals surface area contributed by atoms with Crippen molar-refractivity contribution >= 4 is 23.6 Å². The zero-order valence-electron chi connectivity index (χ0n) is 11.6. The molecule has 2 rings (SSSR count). The van der Waals surface area contributed by atoms with Crippen molar-refractivity contribution < 1.29 is 14.3 Å². The number of β-lactam (4-membered cyclic amide) rings is 1. The second kappa shape index (κ2) is 6.65. The maximum Gasteiger partial charge on any atom is 0.354 e. The van der Waals surface area contributed by atoms with Gasteiger partial charge in [0.1, 0.15) is 5.70 Å². The van der Waals surface area contributed by atoms with Gasteiger partial charge in [-0.25, -0.2) is 4.79 Å². The Balaban J connectivity index is 2.12. The molecule has 0 radical (unpaired) electrons. The fourth-order valence-electron chi connectivity index (χ4n) is 2.12. The number of thioether (sulfide) groups is 1. The number of rotatable bonds is 5. The van der Waals surface area contributed by atoms with Crippen LogP contribution in [0.25, 0.3) is 0 Å². The number of methoxy groups -OCH3 is 1. The van der Waals surface area contributed by atoms with Crippen molar-refractivity contribution in [3.63, 3.8) is 0 Å². The molecule has 1 atom stereocenters. The van der Waals surface area contributed by atoms with Crippen LogP contribution in [-0.4, -0.2) is 41.6 Å². The van der Waals surface area contributed by atoms with Crippen LogP contribution < -0.4 is 5.32 Å². The van der Waals surface area contributed by atoms with E-state index in [1.807, 2.05) is 31.4 Å². The fraction of sp³-hybridized carbons (Fsp3) is 0.429. The van der Waals surface area contributed by atoms with E-state index < -0.39 is 5.97 Å². The maximum atomic E-state index is 11.9. The molecule has 0 saturated carbocycles. The Kier molecular flexibility index (Phi) is 4.89. The summed E-state index contributed by atoms with van der Waals surface area (Å²) in [4.78, 5) is 25.2. The maximum absolute atomic E-state index is 11.9. The van der Waals surface area contributed by atoms with Crippen molar-refractivity contribution in [1.82, 2.24) is 10.2 Å². The van der Waals surface area contributed by atoms with Gasteiger partial charge in [-0.3, -0.25) is 9.69 Å². The Morgan fingerprint density at radius 2 is 2.35 bits per heavy atom. The Hall–Kier alpha value is -1.69. The summed E-state index contributed by atoms with van der Waals surface area (Å²) in [5, 5.41) is 3.22. The van der Waals surface area contributed by atoms with Crippen LogP contribution in [-0.2, 0) is 14.3 Å². The van der Waals surface area contributed by atoms with Gasteiger partial charge in [0.15, 0.2) is 0 Å². The van der Waals surface area contributed by atoms with Crippen molar-refractivity contribution in [3.05, 3.63) is 35.7 Å². The highest BCUT2D eigenvalue weighted by atomic mass is 32.2. The number of allylic oxidation sites excluding steroid dienone is 3. The molecule has 1 N–H and O–H groups in total. The smallest absolute Gasteiger partial charge is 0.354 e. The van der Waals surface area contributed by atoms with E-state index in [4.69, 9.17) is 4.74 Å². The molecule has 0 spiro atoms. The van der Waals surface area contributed by atoms with E-state index in [-0.39, 0.29) is 11.3 Å². The summed E-state index contributed by atoms with van der Waals surface area (Å²) < 4.78 is 4.81. The van der Waals surface area contributed by atoms with Crippen molar-refractivity contribution in [3.8, 4) is 0 Å². The van der Waals surface area contributed by atoms with E-state index in [1.54, 1.807) is 16.7 Å². The minimum Gasteiger partial charge on any atom is -0.464 e. The number of amides is 1. The van der Waals surface area contributed by atoms with E-state index in [9.17, 15) is 9.59 Å². The van der Waals surface area contributed by atoms with Crippen LogP contribution in [0.5, 0.6) is 0 Å². The SMILES string of the molecule is C/C=C\C=C/NCC1=C(C(=O)OC)N2C(=O)CC2SC1. The third-order valence-corrected chi connectivity index (χ3v) is 4.42. The van der Waals surface area contributed by atoms with Gasteiger partial charge in [-0.1, -0.05) is 12.2 Å². The monoisotopic (exact) mass is 294 g/mol. The Bertz CT molecular complexity index is 497. The zero-order chi connectivity index (χ0) is 14.5. The van der Waals surface area contributed by atoms with Gasteiger partial charge in [0.25, 0.3) is 0 Å². The number of fused-ring (bicyclic) bond motifs is 1. The van der Waals surface area contributed by atoms with Gasteiger partial charge in [0.2, 0.25) is 5.91 Å². The lowest BCUT2D eigenvalue weighted by Gasteiger charge is -2.44. The molecule has 5 nitrogen and oxygen atoms in total. The first kappa shape index (κ1) is 14.7. The van der Waals surface area contributed by atoms with Gasteiger partial charge in [-0.05, 0) is 24.8 Å². The van der Waals surface area contributed by atoms with Crippen LogP contribution in [0.3, 0.4) is 0 Å². The van der Waals surface area contributed by atoms with E-state index in [0.29, 0.717) is 18.7 Å². The predicted octanol–water partition coefficient (Wildman–Crippen LogP) is 1.40. The highest BCUT2D eigenvalue weighted by Crippen LogP contribution is 2.39. The summed E-state index contributed by atoms with van der Waals surface area (Å²) in [6, 6.07) is 0. The standard InChI is InChI=1S/C14H18N2O3S/c1-3-4-5-6-15-8-10-9-20-12-7-11(17)16(12)13(10)14(18)19-2/h3-6,12,15H,7-9H2,1-2H3/b4-3-,6-5-. The quantitative estimate of drug-likeness (QED) is 0.472. The molecule has 0 bridgehead atoms. The van der Waals surface area contributed by atoms with Gasteiger partial charge >= 0.3 is 5.97 Å². The van der Waals surface area contributed by atoms with Crippen LogP contribution in [0.4, 0.5) is 0 Å². The van der Waals surface area contributed by atoms with Gasteiger partial charge in [0, 0.05) is 12.3 Å². The predicted molar refractivity (Wildman–Crippen MR) is 78.7 cm³/mol. The molecule has 0 aliphatic carbocycles. The molecule has 0 aromatic heterocycles. The Labute approximate surface area is 122 Å². The number of carbonyl (C=O) groups is 2. The number of nitrogens with one attached hydrogen (secondary N) is 1. The second-order valence-corrected chi connectivity index (χ2v) is 5.61. The molecule has 2 aliphatic rings. The summed E-state index contributed by atoms with van der Waals surface area (Å²) in [5.74, 6) is 0.297. The molecule has 108 valence electrons. The lowest BCUT2D eigenvalue weighted by Crippen LogP contribution is -2.54. The summed E-state index contributed by atoms with van der Waals surface area (Å²) in [6.45, 7) is 2.47. The lowest BCUT2D eigenvalue weighted by molar-refractivity contribution is -0.147. The number of hydrogen-bond donors (Lipinski definition) is 1. The molecule has 0 aromatic carbocycles. The Morgan fingerprint density at radius 1 is 1.55 bits per heavy atom. The highest BCUT2D eigenvalue weighted by molar-refractivity contribution is 8.00. The minimum absolute atomic E-state index is 0.00967. The van der Waals surface area contributed by atoms with Crippen LogP contribution in [0, 0.1) is 0 Å². The van der Waals surface area contributed by atoms with Crippen molar-refractivity contribution in [2.75, 3.05) is 19.4 Å². The molecular formula is C14H18N2O3S. The number of carbonyl (C=O) groups excluding carboxylic acids is 2. The number of hydrogen-bond acceptors (Lipinski definition) is 5. The van der Waals surface area contributed by atoms with Gasteiger partial charge < -0.3 is 10.1 Å². The Morgan fingerprint density at radius 3 is 3.00 bits per heavy atom. The number of ether oxygens (including phenoxy) is 1. The van der Waals surface area contributed by atoms with Crippen LogP contribution in [0.1, 0.15) is 13.3 Å². The topological polar surface area (TPSA) is 58.6 Å². The van der Waals surface area contributed by atoms with Gasteiger partial charge in [0.05, 0.1) is 18.9 Å². The first-order valence-electron chi connectivity index (χ1n) is 6.44. The molecule has 1 saturated heterocycles. The molecular weight excluding hydrogens is 276 g/mol. The first-order valence-corrected chi connectivity index (χ1v) is 7.49. The summed E-state index contributed by atoms with van der Waals surface area (Å²) in [6.07, 6.45) is 8.04. The molecule has 0 aromatic rings. The molecule has 2 aliphatic heterocycles. The molecule has 1 fully saturated rings. The van der Waals surface area contributed by atoms with Crippen LogP contribution in [0.15, 0.2) is 35.7 Å². The van der Waals surface area contributed by atoms with Crippen LogP contribution in [0.2, 0.25) is 0 Å². The summed E-state index contributed by atoms with van der Waals surface area (Å²) in [5.41, 5.74) is 1.32. The molecule has 6 heteroatoms. The van der Waals surface area contributed by atoms with E-state index >= 15 is 0 Å². The van der Waals surface area contributed by atoms with E-state index in [1.165, 1.54) is 7.11 Å².